The van der Waals surface area contributed by atoms with Crippen molar-refractivity contribution in [1.82, 2.24) is 10.2 Å². The third-order valence-electron chi connectivity index (χ3n) is 3.68. The second-order valence-electron chi connectivity index (χ2n) is 5.77. The predicted octanol–water partition coefficient (Wildman–Crippen LogP) is 4.14. The number of anilines is 2. The summed E-state index contributed by atoms with van der Waals surface area (Å²) in [6.07, 6.45) is 0.228. The Balaban J connectivity index is 1.89. The minimum Gasteiger partial charge on any atom is -0.493 e. The first kappa shape index (κ1) is 21.8. The van der Waals surface area contributed by atoms with Crippen molar-refractivity contribution in [3.63, 3.8) is 0 Å². The van der Waals surface area contributed by atoms with E-state index in [1.165, 1.54) is 19.2 Å². The molecule has 0 aliphatic heterocycles. The monoisotopic (exact) mass is 468 g/mol. The van der Waals surface area contributed by atoms with Crippen molar-refractivity contribution in [1.29, 1.82) is 0 Å². The summed E-state index contributed by atoms with van der Waals surface area (Å²) in [6, 6.07) is 11.4. The van der Waals surface area contributed by atoms with Crippen molar-refractivity contribution in [2.45, 2.75) is 17.7 Å². The number of aromatic nitrogens is 2. The second-order valence-corrected chi connectivity index (χ2v) is 9.04. The largest absolute Gasteiger partial charge is 0.493 e. The molecule has 0 spiro atoms. The van der Waals surface area contributed by atoms with Crippen LogP contribution in [0, 0.1) is 0 Å². The molecule has 0 bridgehead atoms. The third-order valence-corrected chi connectivity index (χ3v) is 6.49. The Hall–Kier alpha value is -2.89. The zero-order valence-electron chi connectivity index (χ0n) is 15.9. The maximum atomic E-state index is 12.8. The van der Waals surface area contributed by atoms with Crippen LogP contribution in [0.15, 0.2) is 46.8 Å². The fraction of sp³-hybridized carbons (Fsp3) is 0.167. The topological polar surface area (TPSA) is 120 Å². The molecule has 1 aromatic heterocycles. The number of carbonyl (C=O) groups is 1. The maximum Gasteiger partial charge on any atom is 0.291 e. The number of hydrogen-bond acceptors (Lipinski definition) is 8. The molecule has 1 heterocycles. The highest BCUT2D eigenvalue weighted by Gasteiger charge is 2.23. The summed E-state index contributed by atoms with van der Waals surface area (Å²) in [7, 11) is -2.61. The Morgan fingerprint density at radius 3 is 2.57 bits per heavy atom. The first-order chi connectivity index (χ1) is 14.3. The highest BCUT2D eigenvalue weighted by Crippen LogP contribution is 2.37. The van der Waals surface area contributed by atoms with Gasteiger partial charge in [0.05, 0.1) is 12.8 Å². The van der Waals surface area contributed by atoms with Gasteiger partial charge >= 0.3 is 0 Å². The molecular weight excluding hydrogens is 452 g/mol. The summed E-state index contributed by atoms with van der Waals surface area (Å²) < 4.78 is 38.7. The van der Waals surface area contributed by atoms with Gasteiger partial charge in [0.25, 0.3) is 14.4 Å². The Bertz CT molecular complexity index is 1170. The number of methoxy groups -OCH3 is 1. The molecule has 3 rings (SSSR count). The molecule has 0 saturated heterocycles. The number of sulfonamides is 1. The number of nitrogens with one attached hydrogen (secondary N) is 2. The van der Waals surface area contributed by atoms with Gasteiger partial charge in [-0.25, -0.2) is 0 Å². The minimum atomic E-state index is -4.11. The van der Waals surface area contributed by atoms with Gasteiger partial charge in [0, 0.05) is 11.4 Å². The van der Waals surface area contributed by atoms with Crippen LogP contribution in [0.2, 0.25) is 5.02 Å². The number of amides is 1. The number of rotatable bonds is 8. The normalized spacial score (nSPS) is 11.0. The highest BCUT2D eigenvalue weighted by atomic mass is 35.5. The van der Waals surface area contributed by atoms with Crippen LogP contribution in [0.1, 0.15) is 13.3 Å². The number of carbonyl (C=O) groups excluding carboxylic acids is 1. The standard InChI is InChI=1S/C18H17ClN4O5S2/c1-3-16(24)20-17-21-22-18(29-17)30(25,26)23-12-10-11(19)8-9-13(12)28-15-7-5-4-6-14(15)27-2/h4-10,23H,3H2,1-2H3,(H,20,21,24). The van der Waals surface area contributed by atoms with E-state index in [9.17, 15) is 13.2 Å². The highest BCUT2D eigenvalue weighted by molar-refractivity contribution is 7.94. The molecule has 9 nitrogen and oxygen atoms in total. The van der Waals surface area contributed by atoms with Crippen molar-refractivity contribution in [2.75, 3.05) is 17.1 Å². The molecule has 3 aromatic rings. The van der Waals surface area contributed by atoms with Crippen molar-refractivity contribution in [3.05, 3.63) is 47.5 Å². The maximum absolute atomic E-state index is 12.8. The Labute approximate surface area is 182 Å². The lowest BCUT2D eigenvalue weighted by Crippen LogP contribution is -2.13. The molecule has 158 valence electrons. The zero-order chi connectivity index (χ0) is 21.7. The molecule has 2 aromatic carbocycles. The van der Waals surface area contributed by atoms with E-state index in [1.807, 2.05) is 0 Å². The summed E-state index contributed by atoms with van der Waals surface area (Å²) in [5.74, 6) is 0.770. The van der Waals surface area contributed by atoms with Crippen LogP contribution in [0.4, 0.5) is 10.8 Å². The summed E-state index contributed by atoms with van der Waals surface area (Å²) in [6.45, 7) is 1.66. The molecule has 0 aliphatic rings. The van der Waals surface area contributed by atoms with E-state index in [4.69, 9.17) is 21.1 Å². The summed E-state index contributed by atoms with van der Waals surface area (Å²) in [5, 5.41) is 10.2. The van der Waals surface area contributed by atoms with E-state index in [1.54, 1.807) is 37.3 Å². The van der Waals surface area contributed by atoms with E-state index in [-0.39, 0.29) is 33.2 Å². The Kier molecular flexibility index (Phi) is 6.75. The summed E-state index contributed by atoms with van der Waals surface area (Å²) in [4.78, 5) is 11.5. The van der Waals surface area contributed by atoms with Crippen LogP contribution in [0.3, 0.4) is 0 Å². The van der Waals surface area contributed by atoms with Crippen molar-refractivity contribution in [2.24, 2.45) is 0 Å². The van der Waals surface area contributed by atoms with Crippen LogP contribution in [-0.2, 0) is 14.8 Å². The minimum absolute atomic E-state index is 0.0822. The van der Waals surface area contributed by atoms with E-state index in [0.29, 0.717) is 16.5 Å². The van der Waals surface area contributed by atoms with Crippen LogP contribution in [0.5, 0.6) is 17.2 Å². The lowest BCUT2D eigenvalue weighted by molar-refractivity contribution is -0.115. The smallest absolute Gasteiger partial charge is 0.291 e. The van der Waals surface area contributed by atoms with Gasteiger partial charge in [-0.15, -0.1) is 10.2 Å². The first-order valence-corrected chi connectivity index (χ1v) is 11.3. The van der Waals surface area contributed by atoms with Crippen LogP contribution < -0.4 is 19.5 Å². The number of nitrogens with zero attached hydrogens (tertiary/aromatic N) is 2. The van der Waals surface area contributed by atoms with E-state index >= 15 is 0 Å². The molecular formula is C18H17ClN4O5S2. The fourth-order valence-corrected chi connectivity index (χ4v) is 4.41. The first-order valence-electron chi connectivity index (χ1n) is 8.59. The van der Waals surface area contributed by atoms with Gasteiger partial charge in [-0.1, -0.05) is 42.0 Å². The SMILES string of the molecule is CCC(=O)Nc1nnc(S(=O)(=O)Nc2cc(Cl)ccc2Oc2ccccc2OC)s1. The lowest BCUT2D eigenvalue weighted by atomic mass is 10.3. The van der Waals surface area contributed by atoms with E-state index in [2.05, 4.69) is 20.2 Å². The molecule has 0 aliphatic carbocycles. The molecule has 0 atom stereocenters. The molecule has 30 heavy (non-hydrogen) atoms. The van der Waals surface area contributed by atoms with Crippen LogP contribution in [0.25, 0.3) is 0 Å². The van der Waals surface area contributed by atoms with Crippen molar-refractivity contribution in [3.8, 4) is 17.2 Å². The van der Waals surface area contributed by atoms with Gasteiger partial charge in [0.15, 0.2) is 17.2 Å². The van der Waals surface area contributed by atoms with Gasteiger partial charge in [0.1, 0.15) is 0 Å². The van der Waals surface area contributed by atoms with Gasteiger partial charge in [-0.3, -0.25) is 9.52 Å². The number of benzene rings is 2. The lowest BCUT2D eigenvalue weighted by Gasteiger charge is -2.14. The van der Waals surface area contributed by atoms with Crippen LogP contribution in [-0.4, -0.2) is 31.6 Å². The van der Waals surface area contributed by atoms with Gasteiger partial charge in [-0.2, -0.15) is 8.42 Å². The number of para-hydroxylation sites is 2. The van der Waals surface area contributed by atoms with Crippen molar-refractivity contribution >= 4 is 49.7 Å². The molecule has 0 radical (unpaired) electrons. The zero-order valence-corrected chi connectivity index (χ0v) is 18.3. The Morgan fingerprint density at radius 2 is 1.87 bits per heavy atom. The summed E-state index contributed by atoms with van der Waals surface area (Å²) >= 11 is 6.77. The number of hydrogen-bond donors (Lipinski definition) is 2. The Morgan fingerprint density at radius 1 is 1.13 bits per heavy atom. The van der Waals surface area contributed by atoms with Crippen LogP contribution >= 0.6 is 22.9 Å². The summed E-state index contributed by atoms with van der Waals surface area (Å²) in [5.41, 5.74) is 0.0998. The van der Waals surface area contributed by atoms with E-state index in [0.717, 1.165) is 11.3 Å². The van der Waals surface area contributed by atoms with Gasteiger partial charge in [-0.05, 0) is 30.3 Å². The molecule has 2 N–H and O–H groups in total. The average Bonchev–Trinajstić information content (AvgIpc) is 3.19. The van der Waals surface area contributed by atoms with Gasteiger partial charge < -0.3 is 14.8 Å². The quantitative estimate of drug-likeness (QED) is 0.476. The van der Waals surface area contributed by atoms with Crippen molar-refractivity contribution < 1.29 is 22.7 Å². The fourth-order valence-electron chi connectivity index (χ4n) is 2.26. The predicted molar refractivity (Wildman–Crippen MR) is 114 cm³/mol. The molecule has 0 unspecified atom stereocenters. The molecule has 1 amide bonds. The second kappa shape index (κ2) is 9.28. The average molecular weight is 469 g/mol. The molecule has 12 heteroatoms. The number of ether oxygens (including phenoxy) is 2. The van der Waals surface area contributed by atoms with E-state index < -0.39 is 10.0 Å². The van der Waals surface area contributed by atoms with Gasteiger partial charge in [0.2, 0.25) is 11.0 Å². The molecule has 0 saturated carbocycles. The number of halogens is 1. The molecule has 0 fully saturated rings. The third kappa shape index (κ3) is 5.17.